The molecule has 0 spiro atoms. The van der Waals surface area contributed by atoms with Gasteiger partial charge in [0.25, 0.3) is 21.8 Å². The number of ether oxygens (including phenoxy) is 1. The van der Waals surface area contributed by atoms with Crippen LogP contribution in [0.3, 0.4) is 0 Å². The molecule has 0 saturated heterocycles. The van der Waals surface area contributed by atoms with E-state index < -0.39 is 34.4 Å². The third kappa shape index (κ3) is 5.22. The van der Waals surface area contributed by atoms with Gasteiger partial charge in [-0.25, -0.2) is 13.2 Å². The molecule has 0 aromatic heterocycles. The second-order valence-corrected chi connectivity index (χ2v) is 7.38. The minimum atomic E-state index is -3.94. The van der Waals surface area contributed by atoms with E-state index in [2.05, 4.69) is 10.2 Å². The number of rotatable bonds is 7. The van der Waals surface area contributed by atoms with Crippen LogP contribution in [0.1, 0.15) is 20.7 Å². The topological polar surface area (TPSA) is 119 Å². The molecule has 0 saturated carbocycles. The molecule has 1 N–H and O–H groups in total. The van der Waals surface area contributed by atoms with Crippen LogP contribution in [-0.2, 0) is 24.4 Å². The number of carbonyl (C=O) groups is 3. The highest BCUT2D eigenvalue weighted by atomic mass is 32.2. The van der Waals surface area contributed by atoms with Crippen LogP contribution >= 0.6 is 0 Å². The first-order valence-electron chi connectivity index (χ1n) is 7.95. The molecule has 0 bridgehead atoms. The number of nitrogens with zero attached hydrogens (tertiary/aromatic N) is 1. The molecule has 2 aromatic carbocycles. The van der Waals surface area contributed by atoms with Gasteiger partial charge in [0.2, 0.25) is 0 Å². The summed E-state index contributed by atoms with van der Waals surface area (Å²) in [7, 11) is -1.56. The van der Waals surface area contributed by atoms with Gasteiger partial charge in [0.05, 0.1) is 17.6 Å². The second-order valence-electron chi connectivity index (χ2n) is 5.44. The summed E-state index contributed by atoms with van der Waals surface area (Å²) in [4.78, 5) is 40.2. The van der Waals surface area contributed by atoms with Gasteiger partial charge in [-0.2, -0.15) is 0 Å². The van der Waals surface area contributed by atoms with Crippen LogP contribution in [0.15, 0.2) is 59.5 Å². The average molecular weight is 406 g/mol. The van der Waals surface area contributed by atoms with Crippen LogP contribution in [-0.4, -0.2) is 51.4 Å². The van der Waals surface area contributed by atoms with Crippen LogP contribution in [0, 0.1) is 0 Å². The first-order chi connectivity index (χ1) is 13.3. The fraction of sp³-hybridized carbons (Fsp3) is 0.167. The molecule has 0 atom stereocenters. The molecule has 2 aromatic rings. The highest BCUT2D eigenvalue weighted by Gasteiger charge is 2.22. The Morgan fingerprint density at radius 1 is 1.00 bits per heavy atom. The molecule has 0 aliphatic carbocycles. The van der Waals surface area contributed by atoms with Crippen LogP contribution in [0.2, 0.25) is 0 Å². The van der Waals surface area contributed by atoms with E-state index in [-0.39, 0.29) is 16.0 Å². The SMILES string of the molecule is CON(C)S(=O)(=O)c1cccc(C(=O)OCC(=O)NC(=O)c2ccccc2)c1. The van der Waals surface area contributed by atoms with Crippen molar-refractivity contribution in [3.05, 3.63) is 65.7 Å². The van der Waals surface area contributed by atoms with Gasteiger partial charge in [0, 0.05) is 12.6 Å². The Balaban J connectivity index is 1.99. The third-order valence-corrected chi connectivity index (χ3v) is 5.26. The van der Waals surface area contributed by atoms with Gasteiger partial charge in [-0.15, -0.1) is 0 Å². The summed E-state index contributed by atoms with van der Waals surface area (Å²) in [5.41, 5.74) is 0.204. The number of imide groups is 1. The second kappa shape index (κ2) is 9.22. The number of sulfonamides is 1. The monoisotopic (exact) mass is 406 g/mol. The molecule has 2 rings (SSSR count). The third-order valence-electron chi connectivity index (χ3n) is 3.59. The average Bonchev–Trinajstić information content (AvgIpc) is 2.71. The van der Waals surface area contributed by atoms with E-state index in [1.54, 1.807) is 18.2 Å². The summed E-state index contributed by atoms with van der Waals surface area (Å²) in [5, 5.41) is 2.09. The Labute approximate surface area is 161 Å². The zero-order chi connectivity index (χ0) is 20.7. The van der Waals surface area contributed by atoms with E-state index in [0.717, 1.165) is 6.07 Å². The summed E-state index contributed by atoms with van der Waals surface area (Å²) in [6.07, 6.45) is 0. The van der Waals surface area contributed by atoms with Gasteiger partial charge >= 0.3 is 5.97 Å². The van der Waals surface area contributed by atoms with Crippen LogP contribution in [0.25, 0.3) is 0 Å². The van der Waals surface area contributed by atoms with E-state index in [0.29, 0.717) is 4.47 Å². The number of hydrogen-bond acceptors (Lipinski definition) is 7. The molecule has 9 nitrogen and oxygen atoms in total. The van der Waals surface area contributed by atoms with Gasteiger partial charge in [0.15, 0.2) is 6.61 Å². The van der Waals surface area contributed by atoms with Crippen molar-refractivity contribution in [3.8, 4) is 0 Å². The van der Waals surface area contributed by atoms with Crippen molar-refractivity contribution in [3.63, 3.8) is 0 Å². The van der Waals surface area contributed by atoms with Crippen molar-refractivity contribution in [2.24, 2.45) is 0 Å². The molecule has 10 heteroatoms. The van der Waals surface area contributed by atoms with E-state index in [1.165, 1.54) is 44.5 Å². The minimum absolute atomic E-state index is 0.0761. The predicted molar refractivity (Wildman–Crippen MR) is 97.6 cm³/mol. The Hall–Kier alpha value is -3.08. The van der Waals surface area contributed by atoms with Crippen LogP contribution in [0.4, 0.5) is 0 Å². The zero-order valence-corrected chi connectivity index (χ0v) is 15.9. The lowest BCUT2D eigenvalue weighted by Gasteiger charge is -2.14. The summed E-state index contributed by atoms with van der Waals surface area (Å²) in [6.45, 7) is -0.702. The van der Waals surface area contributed by atoms with E-state index in [1.807, 2.05) is 0 Å². The molecule has 0 heterocycles. The summed E-state index contributed by atoms with van der Waals surface area (Å²) in [6, 6.07) is 13.1. The Morgan fingerprint density at radius 2 is 1.64 bits per heavy atom. The van der Waals surface area contributed by atoms with Gasteiger partial charge in [-0.1, -0.05) is 28.7 Å². The molecule has 0 aliphatic rings. The number of hydrogen-bond donors (Lipinski definition) is 1. The number of nitrogens with one attached hydrogen (secondary N) is 1. The molecule has 2 amide bonds. The first kappa shape index (κ1) is 21.2. The molecule has 0 unspecified atom stereocenters. The fourth-order valence-corrected chi connectivity index (χ4v) is 3.09. The van der Waals surface area contributed by atoms with E-state index in [9.17, 15) is 22.8 Å². The summed E-state index contributed by atoms with van der Waals surface area (Å²) < 4.78 is 29.9. The molecular formula is C18H18N2O7S. The maximum absolute atomic E-state index is 12.2. The van der Waals surface area contributed by atoms with Crippen molar-refractivity contribution >= 4 is 27.8 Å². The highest BCUT2D eigenvalue weighted by molar-refractivity contribution is 7.89. The quantitative estimate of drug-likeness (QED) is 0.538. The minimum Gasteiger partial charge on any atom is -0.452 e. The summed E-state index contributed by atoms with van der Waals surface area (Å²) in [5.74, 6) is -2.36. The first-order valence-corrected chi connectivity index (χ1v) is 9.39. The zero-order valence-electron chi connectivity index (χ0n) is 15.1. The standard InChI is InChI=1S/C18H18N2O7S/c1-20(26-2)28(24,25)15-10-6-9-14(11-15)18(23)27-12-16(21)19-17(22)13-7-4-3-5-8-13/h3-11H,12H2,1-2H3,(H,19,21,22). The number of amides is 2. The lowest BCUT2D eigenvalue weighted by molar-refractivity contribution is -0.123. The van der Waals surface area contributed by atoms with Gasteiger partial charge in [0.1, 0.15) is 0 Å². The molecular weight excluding hydrogens is 388 g/mol. The number of benzene rings is 2. The lowest BCUT2D eigenvalue weighted by Crippen LogP contribution is -2.34. The Morgan fingerprint density at radius 3 is 2.29 bits per heavy atom. The number of carbonyl (C=O) groups excluding carboxylic acids is 3. The van der Waals surface area contributed by atoms with Crippen LogP contribution < -0.4 is 5.32 Å². The maximum atomic E-state index is 12.2. The largest absolute Gasteiger partial charge is 0.452 e. The maximum Gasteiger partial charge on any atom is 0.338 e. The lowest BCUT2D eigenvalue weighted by atomic mass is 10.2. The Bertz CT molecular complexity index is 974. The van der Waals surface area contributed by atoms with Gasteiger partial charge in [-0.05, 0) is 30.3 Å². The molecule has 0 radical (unpaired) electrons. The highest BCUT2D eigenvalue weighted by Crippen LogP contribution is 2.16. The van der Waals surface area contributed by atoms with Crippen LogP contribution in [0.5, 0.6) is 0 Å². The van der Waals surface area contributed by atoms with Crippen molar-refractivity contribution < 1.29 is 32.4 Å². The van der Waals surface area contributed by atoms with E-state index in [4.69, 9.17) is 4.74 Å². The molecule has 0 aliphatic heterocycles. The smallest absolute Gasteiger partial charge is 0.338 e. The molecule has 0 fully saturated rings. The van der Waals surface area contributed by atoms with E-state index >= 15 is 0 Å². The van der Waals surface area contributed by atoms with Gasteiger partial charge in [-0.3, -0.25) is 19.7 Å². The van der Waals surface area contributed by atoms with Crippen molar-refractivity contribution in [1.82, 2.24) is 9.79 Å². The molecule has 28 heavy (non-hydrogen) atoms. The van der Waals surface area contributed by atoms with Crippen molar-refractivity contribution in [1.29, 1.82) is 0 Å². The molecule has 148 valence electrons. The van der Waals surface area contributed by atoms with Crippen molar-refractivity contribution in [2.75, 3.05) is 20.8 Å². The normalized spacial score (nSPS) is 11.1. The number of hydroxylamine groups is 1. The van der Waals surface area contributed by atoms with Gasteiger partial charge < -0.3 is 4.74 Å². The predicted octanol–water partition coefficient (Wildman–Crippen LogP) is 0.982. The van der Waals surface area contributed by atoms with Crippen molar-refractivity contribution in [2.45, 2.75) is 4.90 Å². The number of esters is 1. The fourth-order valence-electron chi connectivity index (χ4n) is 2.07. The Kier molecular flexibility index (Phi) is 6.99. The summed E-state index contributed by atoms with van der Waals surface area (Å²) >= 11 is 0.